The highest BCUT2D eigenvalue weighted by atomic mass is 16.5. The van der Waals surface area contributed by atoms with E-state index in [1.165, 1.54) is 5.56 Å². The standard InChI is InChI=1S/C12H19NO/c1-4-12(14-3)9-10(2)11-5-7-13-8-6-11/h5-8,10,12H,4,9H2,1-3H3. The molecule has 0 aliphatic rings. The van der Waals surface area contributed by atoms with Gasteiger partial charge in [-0.15, -0.1) is 0 Å². The second-order valence-corrected chi connectivity index (χ2v) is 3.68. The zero-order valence-corrected chi connectivity index (χ0v) is 9.23. The van der Waals surface area contributed by atoms with Crippen molar-refractivity contribution in [2.45, 2.75) is 38.7 Å². The molecule has 2 nitrogen and oxygen atoms in total. The molecular weight excluding hydrogens is 174 g/mol. The Hall–Kier alpha value is -0.890. The summed E-state index contributed by atoms with van der Waals surface area (Å²) in [6.07, 6.45) is 6.22. The number of hydrogen-bond acceptors (Lipinski definition) is 2. The van der Waals surface area contributed by atoms with E-state index in [4.69, 9.17) is 4.74 Å². The third-order valence-corrected chi connectivity index (χ3v) is 2.68. The first-order chi connectivity index (χ1) is 6.77. The molecule has 0 aromatic carbocycles. The molecule has 0 saturated carbocycles. The molecule has 2 heteroatoms. The fraction of sp³-hybridized carbons (Fsp3) is 0.583. The van der Waals surface area contributed by atoms with Gasteiger partial charge < -0.3 is 4.74 Å². The Labute approximate surface area is 86.3 Å². The van der Waals surface area contributed by atoms with Gasteiger partial charge in [-0.05, 0) is 36.5 Å². The molecule has 0 amide bonds. The number of nitrogens with zero attached hydrogens (tertiary/aromatic N) is 1. The molecule has 1 aromatic heterocycles. The minimum absolute atomic E-state index is 0.373. The summed E-state index contributed by atoms with van der Waals surface area (Å²) in [6.45, 7) is 4.39. The molecule has 0 fully saturated rings. The summed E-state index contributed by atoms with van der Waals surface area (Å²) in [4.78, 5) is 4.02. The summed E-state index contributed by atoms with van der Waals surface area (Å²) in [5.41, 5.74) is 1.34. The van der Waals surface area contributed by atoms with Crippen molar-refractivity contribution in [3.05, 3.63) is 30.1 Å². The summed E-state index contributed by atoms with van der Waals surface area (Å²) in [7, 11) is 1.79. The molecule has 2 atom stereocenters. The first-order valence-corrected chi connectivity index (χ1v) is 5.20. The fourth-order valence-electron chi connectivity index (χ4n) is 1.65. The Bertz CT molecular complexity index is 244. The number of rotatable bonds is 5. The molecule has 0 N–H and O–H groups in total. The van der Waals surface area contributed by atoms with Crippen molar-refractivity contribution in [2.24, 2.45) is 0 Å². The van der Waals surface area contributed by atoms with Gasteiger partial charge in [0.1, 0.15) is 0 Å². The highest BCUT2D eigenvalue weighted by Crippen LogP contribution is 2.21. The van der Waals surface area contributed by atoms with Gasteiger partial charge in [0, 0.05) is 19.5 Å². The lowest BCUT2D eigenvalue weighted by molar-refractivity contribution is 0.0871. The molecular formula is C12H19NO. The smallest absolute Gasteiger partial charge is 0.0574 e. The third kappa shape index (κ3) is 3.11. The number of pyridine rings is 1. The molecule has 0 spiro atoms. The Balaban J connectivity index is 2.54. The highest BCUT2D eigenvalue weighted by molar-refractivity contribution is 5.14. The van der Waals surface area contributed by atoms with Gasteiger partial charge in [-0.3, -0.25) is 4.98 Å². The fourth-order valence-corrected chi connectivity index (χ4v) is 1.65. The molecule has 1 aromatic rings. The van der Waals surface area contributed by atoms with Crippen LogP contribution in [0, 0.1) is 0 Å². The summed E-state index contributed by atoms with van der Waals surface area (Å²) >= 11 is 0. The Kier molecular flexibility index (Phi) is 4.60. The SMILES string of the molecule is CCC(CC(C)c1ccncc1)OC. The Morgan fingerprint density at radius 3 is 2.50 bits per heavy atom. The molecule has 0 aliphatic heterocycles. The van der Waals surface area contributed by atoms with Crippen LogP contribution in [0.15, 0.2) is 24.5 Å². The molecule has 14 heavy (non-hydrogen) atoms. The molecule has 0 saturated heterocycles. The van der Waals surface area contributed by atoms with Crippen molar-refractivity contribution in [1.29, 1.82) is 0 Å². The van der Waals surface area contributed by atoms with E-state index < -0.39 is 0 Å². The van der Waals surface area contributed by atoms with Crippen LogP contribution in [-0.2, 0) is 4.74 Å². The summed E-state index contributed by atoms with van der Waals surface area (Å²) in [5, 5.41) is 0. The van der Waals surface area contributed by atoms with Gasteiger partial charge in [-0.25, -0.2) is 0 Å². The Morgan fingerprint density at radius 2 is 2.00 bits per heavy atom. The van der Waals surface area contributed by atoms with Crippen molar-refractivity contribution in [3.8, 4) is 0 Å². The monoisotopic (exact) mass is 193 g/mol. The van der Waals surface area contributed by atoms with Crippen LogP contribution in [0.4, 0.5) is 0 Å². The predicted octanol–water partition coefficient (Wildman–Crippen LogP) is 3.00. The van der Waals surface area contributed by atoms with Crippen LogP contribution in [0.25, 0.3) is 0 Å². The van der Waals surface area contributed by atoms with Crippen LogP contribution < -0.4 is 0 Å². The van der Waals surface area contributed by atoms with Crippen molar-refractivity contribution >= 4 is 0 Å². The van der Waals surface area contributed by atoms with Gasteiger partial charge in [-0.2, -0.15) is 0 Å². The maximum absolute atomic E-state index is 5.38. The molecule has 0 radical (unpaired) electrons. The average Bonchev–Trinajstić information content (AvgIpc) is 2.26. The number of aromatic nitrogens is 1. The van der Waals surface area contributed by atoms with Crippen LogP contribution in [0.2, 0.25) is 0 Å². The first-order valence-electron chi connectivity index (χ1n) is 5.20. The van der Waals surface area contributed by atoms with Crippen molar-refractivity contribution in [3.63, 3.8) is 0 Å². The van der Waals surface area contributed by atoms with E-state index in [1.807, 2.05) is 12.4 Å². The lowest BCUT2D eigenvalue weighted by atomic mass is 9.95. The van der Waals surface area contributed by atoms with Crippen LogP contribution >= 0.6 is 0 Å². The van der Waals surface area contributed by atoms with Crippen molar-refractivity contribution < 1.29 is 4.74 Å². The minimum atomic E-state index is 0.373. The quantitative estimate of drug-likeness (QED) is 0.717. The zero-order valence-electron chi connectivity index (χ0n) is 9.23. The van der Waals surface area contributed by atoms with E-state index in [9.17, 15) is 0 Å². The van der Waals surface area contributed by atoms with E-state index in [0.717, 1.165) is 12.8 Å². The van der Waals surface area contributed by atoms with Gasteiger partial charge >= 0.3 is 0 Å². The maximum atomic E-state index is 5.38. The summed E-state index contributed by atoms with van der Waals surface area (Å²) in [6, 6.07) is 4.15. The largest absolute Gasteiger partial charge is 0.381 e. The van der Waals surface area contributed by atoms with Crippen molar-refractivity contribution in [2.75, 3.05) is 7.11 Å². The van der Waals surface area contributed by atoms with Gasteiger partial charge in [-0.1, -0.05) is 13.8 Å². The third-order valence-electron chi connectivity index (χ3n) is 2.68. The molecule has 2 unspecified atom stereocenters. The lowest BCUT2D eigenvalue weighted by Gasteiger charge is -2.18. The van der Waals surface area contributed by atoms with Crippen LogP contribution in [-0.4, -0.2) is 18.2 Å². The van der Waals surface area contributed by atoms with E-state index in [2.05, 4.69) is 31.0 Å². The second kappa shape index (κ2) is 5.76. The van der Waals surface area contributed by atoms with E-state index in [1.54, 1.807) is 7.11 Å². The molecule has 1 heterocycles. The minimum Gasteiger partial charge on any atom is -0.381 e. The van der Waals surface area contributed by atoms with Crippen LogP contribution in [0.1, 0.15) is 38.2 Å². The molecule has 1 rings (SSSR count). The van der Waals surface area contributed by atoms with Gasteiger partial charge in [0.05, 0.1) is 6.10 Å². The van der Waals surface area contributed by atoms with Crippen LogP contribution in [0.3, 0.4) is 0 Å². The lowest BCUT2D eigenvalue weighted by Crippen LogP contribution is -2.12. The van der Waals surface area contributed by atoms with Gasteiger partial charge in [0.2, 0.25) is 0 Å². The zero-order chi connectivity index (χ0) is 10.4. The number of hydrogen-bond donors (Lipinski definition) is 0. The number of methoxy groups -OCH3 is 1. The predicted molar refractivity (Wildman–Crippen MR) is 58.4 cm³/mol. The van der Waals surface area contributed by atoms with Crippen molar-refractivity contribution in [1.82, 2.24) is 4.98 Å². The second-order valence-electron chi connectivity index (χ2n) is 3.68. The molecule has 0 bridgehead atoms. The highest BCUT2D eigenvalue weighted by Gasteiger charge is 2.11. The topological polar surface area (TPSA) is 22.1 Å². The number of ether oxygens (including phenoxy) is 1. The summed E-state index contributed by atoms with van der Waals surface area (Å²) in [5.74, 6) is 0.544. The normalized spacial score (nSPS) is 15.1. The van der Waals surface area contributed by atoms with E-state index in [0.29, 0.717) is 12.0 Å². The summed E-state index contributed by atoms with van der Waals surface area (Å²) < 4.78 is 5.38. The van der Waals surface area contributed by atoms with Gasteiger partial charge in [0.25, 0.3) is 0 Å². The maximum Gasteiger partial charge on any atom is 0.0574 e. The van der Waals surface area contributed by atoms with E-state index in [-0.39, 0.29) is 0 Å². The average molecular weight is 193 g/mol. The first kappa shape index (κ1) is 11.2. The van der Waals surface area contributed by atoms with E-state index >= 15 is 0 Å². The van der Waals surface area contributed by atoms with Crippen LogP contribution in [0.5, 0.6) is 0 Å². The van der Waals surface area contributed by atoms with Gasteiger partial charge in [0.15, 0.2) is 0 Å². The Morgan fingerprint density at radius 1 is 1.36 bits per heavy atom. The molecule has 78 valence electrons. The molecule has 0 aliphatic carbocycles.